The molecule has 0 fully saturated rings. The smallest absolute Gasteiger partial charge is 0.139 e. The Labute approximate surface area is 134 Å². The van der Waals surface area contributed by atoms with E-state index >= 15 is 0 Å². The van der Waals surface area contributed by atoms with Crippen molar-refractivity contribution in [3.05, 3.63) is 46.1 Å². The molecule has 0 spiro atoms. The van der Waals surface area contributed by atoms with E-state index in [9.17, 15) is 0 Å². The van der Waals surface area contributed by atoms with Gasteiger partial charge in [0.05, 0.1) is 5.69 Å². The fourth-order valence-corrected chi connectivity index (χ4v) is 2.41. The number of aromatic nitrogens is 3. The van der Waals surface area contributed by atoms with Crippen LogP contribution in [0.15, 0.2) is 24.7 Å². The molecule has 0 bridgehead atoms. The molecular formula is C14H17Cl2N5. The van der Waals surface area contributed by atoms with E-state index in [2.05, 4.69) is 19.9 Å². The van der Waals surface area contributed by atoms with Gasteiger partial charge < -0.3 is 4.90 Å². The van der Waals surface area contributed by atoms with E-state index in [1.54, 1.807) is 12.3 Å². The third kappa shape index (κ3) is 4.27. The van der Waals surface area contributed by atoms with Crippen molar-refractivity contribution in [1.82, 2.24) is 19.9 Å². The van der Waals surface area contributed by atoms with E-state index in [1.807, 2.05) is 32.1 Å². The highest BCUT2D eigenvalue weighted by Crippen LogP contribution is 2.23. The molecule has 112 valence electrons. The zero-order chi connectivity index (χ0) is 15.4. The Morgan fingerprint density at radius 2 is 1.81 bits per heavy atom. The lowest BCUT2D eigenvalue weighted by Crippen LogP contribution is -2.22. The molecule has 0 radical (unpaired) electrons. The Kier molecular flexibility index (Phi) is 5.33. The summed E-state index contributed by atoms with van der Waals surface area (Å²) >= 11 is 12.2. The number of hydrogen-bond donors (Lipinski definition) is 0. The van der Waals surface area contributed by atoms with Crippen LogP contribution in [0.2, 0.25) is 10.2 Å². The van der Waals surface area contributed by atoms with Gasteiger partial charge in [0.25, 0.3) is 0 Å². The zero-order valence-corrected chi connectivity index (χ0v) is 13.7. The molecule has 0 N–H and O–H groups in total. The number of halogens is 2. The lowest BCUT2D eigenvalue weighted by molar-refractivity contribution is 0.314. The summed E-state index contributed by atoms with van der Waals surface area (Å²) < 4.78 is 0. The van der Waals surface area contributed by atoms with Crippen molar-refractivity contribution < 1.29 is 0 Å². The molecule has 2 aromatic rings. The standard InChI is InChI=1S/C14H17Cl2N5/c1-20(2)14-12(13(16)18-9-19-14)8-21(3)7-11-6-10(15)4-5-17-11/h4-6,9H,7-8H2,1-3H3. The first-order valence-corrected chi connectivity index (χ1v) is 7.18. The van der Waals surface area contributed by atoms with Gasteiger partial charge in [-0.05, 0) is 19.2 Å². The average molecular weight is 326 g/mol. The number of hydrogen-bond acceptors (Lipinski definition) is 5. The van der Waals surface area contributed by atoms with Gasteiger partial charge in [0, 0.05) is 44.0 Å². The third-order valence-electron chi connectivity index (χ3n) is 2.93. The van der Waals surface area contributed by atoms with Gasteiger partial charge >= 0.3 is 0 Å². The monoisotopic (exact) mass is 325 g/mol. The van der Waals surface area contributed by atoms with Gasteiger partial charge in [-0.15, -0.1) is 0 Å². The second kappa shape index (κ2) is 7.02. The first kappa shape index (κ1) is 15.9. The van der Waals surface area contributed by atoms with Crippen LogP contribution in [0.3, 0.4) is 0 Å². The van der Waals surface area contributed by atoms with Crippen LogP contribution in [-0.4, -0.2) is 41.0 Å². The van der Waals surface area contributed by atoms with Gasteiger partial charge in [0.2, 0.25) is 0 Å². The van der Waals surface area contributed by atoms with Crippen LogP contribution in [0.25, 0.3) is 0 Å². The van der Waals surface area contributed by atoms with Gasteiger partial charge in [-0.1, -0.05) is 23.2 Å². The fraction of sp³-hybridized carbons (Fsp3) is 0.357. The summed E-state index contributed by atoms with van der Waals surface area (Å²) in [7, 11) is 5.85. The van der Waals surface area contributed by atoms with E-state index < -0.39 is 0 Å². The number of rotatable bonds is 5. The minimum absolute atomic E-state index is 0.472. The summed E-state index contributed by atoms with van der Waals surface area (Å²) in [6.07, 6.45) is 3.18. The van der Waals surface area contributed by atoms with E-state index in [0.717, 1.165) is 17.1 Å². The lowest BCUT2D eigenvalue weighted by Gasteiger charge is -2.21. The van der Waals surface area contributed by atoms with Crippen molar-refractivity contribution >= 4 is 29.0 Å². The first-order valence-electron chi connectivity index (χ1n) is 6.43. The van der Waals surface area contributed by atoms with Crippen molar-refractivity contribution in [3.63, 3.8) is 0 Å². The summed E-state index contributed by atoms with van der Waals surface area (Å²) in [5.74, 6) is 0.820. The molecule has 0 amide bonds. The predicted octanol–water partition coefficient (Wildman–Crippen LogP) is 2.88. The molecule has 0 aliphatic carbocycles. The maximum absolute atomic E-state index is 6.20. The molecule has 2 rings (SSSR count). The molecule has 5 nitrogen and oxygen atoms in total. The van der Waals surface area contributed by atoms with Crippen LogP contribution in [0.5, 0.6) is 0 Å². The molecule has 0 saturated heterocycles. The van der Waals surface area contributed by atoms with Crippen molar-refractivity contribution in [1.29, 1.82) is 0 Å². The van der Waals surface area contributed by atoms with Gasteiger partial charge in [-0.25, -0.2) is 9.97 Å². The van der Waals surface area contributed by atoms with E-state index in [-0.39, 0.29) is 0 Å². The Balaban J connectivity index is 2.14. The van der Waals surface area contributed by atoms with Crippen LogP contribution in [0.1, 0.15) is 11.3 Å². The van der Waals surface area contributed by atoms with Crippen LogP contribution in [-0.2, 0) is 13.1 Å². The zero-order valence-electron chi connectivity index (χ0n) is 12.2. The average Bonchev–Trinajstić information content (AvgIpc) is 2.40. The van der Waals surface area contributed by atoms with Crippen molar-refractivity contribution in [3.8, 4) is 0 Å². The molecule has 2 heterocycles. The highest BCUT2D eigenvalue weighted by molar-refractivity contribution is 6.30. The van der Waals surface area contributed by atoms with Gasteiger partial charge in [-0.3, -0.25) is 9.88 Å². The van der Waals surface area contributed by atoms with Crippen LogP contribution < -0.4 is 4.90 Å². The highest BCUT2D eigenvalue weighted by atomic mass is 35.5. The molecule has 0 saturated carbocycles. The molecule has 7 heteroatoms. The minimum atomic E-state index is 0.472. The predicted molar refractivity (Wildman–Crippen MR) is 85.8 cm³/mol. The van der Waals surface area contributed by atoms with Gasteiger partial charge in [0.1, 0.15) is 17.3 Å². The fourth-order valence-electron chi connectivity index (χ4n) is 2.04. The first-order chi connectivity index (χ1) is 9.97. The maximum Gasteiger partial charge on any atom is 0.139 e. The summed E-state index contributed by atoms with van der Waals surface area (Å²) in [4.78, 5) is 16.7. The SMILES string of the molecule is CN(Cc1cc(Cl)ccn1)Cc1c(Cl)ncnc1N(C)C. The van der Waals surface area contributed by atoms with Crippen LogP contribution in [0.4, 0.5) is 5.82 Å². The quantitative estimate of drug-likeness (QED) is 0.791. The molecule has 0 aliphatic rings. The van der Waals surface area contributed by atoms with Crippen molar-refractivity contribution in [2.75, 3.05) is 26.0 Å². The summed E-state index contributed by atoms with van der Waals surface area (Å²) in [6.45, 7) is 1.29. The molecule has 2 aromatic heterocycles. The Morgan fingerprint density at radius 1 is 1.05 bits per heavy atom. The van der Waals surface area contributed by atoms with Gasteiger partial charge in [-0.2, -0.15) is 0 Å². The summed E-state index contributed by atoms with van der Waals surface area (Å²) in [6, 6.07) is 3.62. The number of pyridine rings is 1. The molecule has 0 aliphatic heterocycles. The molecule has 0 aromatic carbocycles. The van der Waals surface area contributed by atoms with E-state index in [0.29, 0.717) is 23.3 Å². The topological polar surface area (TPSA) is 45.2 Å². The number of anilines is 1. The third-order valence-corrected chi connectivity index (χ3v) is 3.49. The van der Waals surface area contributed by atoms with E-state index in [1.165, 1.54) is 6.33 Å². The minimum Gasteiger partial charge on any atom is -0.362 e. The second-order valence-corrected chi connectivity index (χ2v) is 5.79. The Morgan fingerprint density at radius 3 is 2.48 bits per heavy atom. The number of nitrogens with zero attached hydrogens (tertiary/aromatic N) is 5. The summed E-state index contributed by atoms with van der Waals surface area (Å²) in [5.41, 5.74) is 1.80. The van der Waals surface area contributed by atoms with E-state index in [4.69, 9.17) is 23.2 Å². The van der Waals surface area contributed by atoms with Crippen molar-refractivity contribution in [2.24, 2.45) is 0 Å². The van der Waals surface area contributed by atoms with Crippen LogP contribution in [0, 0.1) is 0 Å². The highest BCUT2D eigenvalue weighted by Gasteiger charge is 2.14. The normalized spacial score (nSPS) is 11.0. The second-order valence-electron chi connectivity index (χ2n) is 5.00. The molecule has 0 atom stereocenters. The Hall–Kier alpha value is -1.43. The largest absolute Gasteiger partial charge is 0.362 e. The van der Waals surface area contributed by atoms with Crippen LogP contribution >= 0.6 is 23.2 Å². The molecule has 21 heavy (non-hydrogen) atoms. The summed E-state index contributed by atoms with van der Waals surface area (Å²) in [5, 5.41) is 1.16. The molecule has 0 unspecified atom stereocenters. The maximum atomic E-state index is 6.20. The molecular weight excluding hydrogens is 309 g/mol. The van der Waals surface area contributed by atoms with Crippen molar-refractivity contribution in [2.45, 2.75) is 13.1 Å². The van der Waals surface area contributed by atoms with Gasteiger partial charge in [0.15, 0.2) is 0 Å². The lowest BCUT2D eigenvalue weighted by atomic mass is 10.2. The Bertz CT molecular complexity index is 618.